The molecule has 0 saturated carbocycles. The van der Waals surface area contributed by atoms with E-state index in [0.29, 0.717) is 32.0 Å². The lowest BCUT2D eigenvalue weighted by Crippen LogP contribution is -2.16. The van der Waals surface area contributed by atoms with Crippen LogP contribution in [0.5, 0.6) is 23.0 Å². The van der Waals surface area contributed by atoms with E-state index in [1.54, 1.807) is 6.92 Å². The van der Waals surface area contributed by atoms with Gasteiger partial charge in [0, 0.05) is 16.5 Å². The van der Waals surface area contributed by atoms with Crippen LogP contribution in [0.15, 0.2) is 175 Å². The van der Waals surface area contributed by atoms with E-state index in [2.05, 4.69) is 110 Å². The zero-order valence-corrected chi connectivity index (χ0v) is 42.0. The fourth-order valence-corrected chi connectivity index (χ4v) is 8.80. The molecule has 0 saturated heterocycles. The first kappa shape index (κ1) is 51.0. The second-order valence-corrected chi connectivity index (χ2v) is 17.9. The molecule has 0 aliphatic heterocycles. The lowest BCUT2D eigenvalue weighted by Gasteiger charge is -2.15. The number of ether oxygens (including phenoxy) is 5. The lowest BCUT2D eigenvalue weighted by molar-refractivity contribution is 0.163. The summed E-state index contributed by atoms with van der Waals surface area (Å²) in [5, 5.41) is 9.81. The number of aliphatic imine (C=N–C) groups is 1. The van der Waals surface area contributed by atoms with E-state index in [9.17, 15) is 4.79 Å². The number of nitrogens with two attached hydrogens (primary N) is 2. The highest BCUT2D eigenvalue weighted by Gasteiger charge is 2.12. The molecule has 8 aromatic carbocycles. The fourth-order valence-electron chi connectivity index (χ4n) is 8.80. The number of hydrogen-bond donors (Lipinski definition) is 3. The van der Waals surface area contributed by atoms with Crippen LogP contribution < -0.4 is 30.4 Å². The second-order valence-electron chi connectivity index (χ2n) is 17.9. The van der Waals surface area contributed by atoms with Gasteiger partial charge in [-0.05, 0) is 148 Å². The molecule has 10 nitrogen and oxygen atoms in total. The number of amidine groups is 2. The molecule has 0 unspecified atom stereocenters. The third kappa shape index (κ3) is 13.7. The predicted octanol–water partition coefficient (Wildman–Crippen LogP) is 13.9. The molecule has 0 atom stereocenters. The van der Waals surface area contributed by atoms with Crippen LogP contribution >= 0.6 is 0 Å². The maximum absolute atomic E-state index is 11.7. The Morgan fingerprint density at radius 1 is 0.507 bits per heavy atom. The Balaban J connectivity index is 0.804. The van der Waals surface area contributed by atoms with Crippen LogP contribution in [0.25, 0.3) is 44.2 Å². The van der Waals surface area contributed by atoms with Crippen LogP contribution in [-0.2, 0) is 30.6 Å². The standard InChI is InChI=1S/C63H64N4O6/c1-4-10-54-40-50(45-19-23-47(24-20-45)61(64)65)28-33-58(54)70-35-9-13-43-17-30-56(31-18-43)73-42-44-12-7-14-49(38-44)52-27-32-57-53(39-52)15-8-16-60(57)72-37-36-71-59-34-29-51(41-55(59)11-5-2)46-21-25-48(26-22-46)62(66)67-63(68)69-6-3/h7-8,12,14-34,38-41H,4-6,9-11,13,35-37,42H2,1-3H3,(H3,64,65)(H2,66,67,68). The Bertz CT molecular complexity index is 3170. The van der Waals surface area contributed by atoms with Crippen LogP contribution in [0.1, 0.15) is 73.4 Å². The lowest BCUT2D eigenvalue weighted by atomic mass is 9.99. The molecule has 0 aromatic heterocycles. The molecule has 0 heterocycles. The van der Waals surface area contributed by atoms with E-state index in [0.717, 1.165) is 122 Å². The van der Waals surface area contributed by atoms with Crippen molar-refractivity contribution in [2.75, 3.05) is 26.4 Å². The molecule has 5 N–H and O–H groups in total. The summed E-state index contributed by atoms with van der Waals surface area (Å²) in [6.07, 6.45) is 4.92. The molecule has 0 aliphatic carbocycles. The minimum atomic E-state index is -0.701. The number of carbonyl (C=O) groups excluding carboxylic acids is 1. The van der Waals surface area contributed by atoms with Gasteiger partial charge < -0.3 is 35.2 Å². The minimum Gasteiger partial charge on any atom is -0.493 e. The van der Waals surface area contributed by atoms with Gasteiger partial charge in [0.15, 0.2) is 0 Å². The molecule has 0 bridgehead atoms. The first-order valence-corrected chi connectivity index (χ1v) is 25.2. The number of amides is 1. The smallest absolute Gasteiger partial charge is 0.435 e. The van der Waals surface area contributed by atoms with E-state index in [4.69, 9.17) is 40.6 Å². The molecule has 372 valence electrons. The number of carbonyl (C=O) groups is 1. The van der Waals surface area contributed by atoms with Gasteiger partial charge in [-0.25, -0.2) is 4.79 Å². The molecule has 0 spiro atoms. The van der Waals surface area contributed by atoms with Crippen molar-refractivity contribution in [3.05, 3.63) is 203 Å². The first-order valence-electron chi connectivity index (χ1n) is 25.2. The SMILES string of the molecule is CCCc1cc(-c2ccc(C(=N)N)cc2)ccc1OCCCc1ccc(OCc2cccc(-c3ccc4c(OCCOc5ccc(-c6ccc(/C(N)=N/C(=O)OCC)cc6)cc5CCC)cccc4c3)c2)cc1. The summed E-state index contributed by atoms with van der Waals surface area (Å²) in [5.74, 6) is 3.62. The normalized spacial score (nSPS) is 11.3. The average Bonchev–Trinajstić information content (AvgIpc) is 3.41. The van der Waals surface area contributed by atoms with Gasteiger partial charge in [0.05, 0.1) is 13.2 Å². The highest BCUT2D eigenvalue weighted by Crippen LogP contribution is 2.33. The molecular formula is C63H64N4O6. The van der Waals surface area contributed by atoms with Gasteiger partial charge in [-0.15, -0.1) is 0 Å². The molecule has 0 aliphatic rings. The molecule has 0 radical (unpaired) electrons. The van der Waals surface area contributed by atoms with E-state index < -0.39 is 6.09 Å². The molecule has 10 heteroatoms. The number of nitrogen functional groups attached to an aromatic ring is 1. The maximum atomic E-state index is 11.7. The van der Waals surface area contributed by atoms with Gasteiger partial charge in [0.25, 0.3) is 0 Å². The number of benzene rings is 8. The average molecular weight is 973 g/mol. The van der Waals surface area contributed by atoms with Crippen LogP contribution in [-0.4, -0.2) is 44.2 Å². The fraction of sp³-hybridized carbons (Fsp3) is 0.222. The monoisotopic (exact) mass is 972 g/mol. The molecule has 1 amide bonds. The second kappa shape index (κ2) is 25.1. The summed E-state index contributed by atoms with van der Waals surface area (Å²) < 4.78 is 30.1. The van der Waals surface area contributed by atoms with E-state index in [-0.39, 0.29) is 18.3 Å². The Hall–Kier alpha value is -8.37. The Morgan fingerprint density at radius 2 is 1.07 bits per heavy atom. The minimum absolute atomic E-state index is 0.0731. The summed E-state index contributed by atoms with van der Waals surface area (Å²) in [5.41, 5.74) is 24.3. The van der Waals surface area contributed by atoms with Crippen LogP contribution in [0.3, 0.4) is 0 Å². The van der Waals surface area contributed by atoms with Crippen LogP contribution in [0.2, 0.25) is 0 Å². The van der Waals surface area contributed by atoms with Crippen LogP contribution in [0, 0.1) is 5.41 Å². The topological polar surface area (TPSA) is 151 Å². The van der Waals surface area contributed by atoms with E-state index in [1.165, 1.54) is 11.1 Å². The predicted molar refractivity (Wildman–Crippen MR) is 295 cm³/mol. The molecular weight excluding hydrogens is 909 g/mol. The number of aryl methyl sites for hydroxylation is 3. The first-order chi connectivity index (χ1) is 35.7. The third-order valence-electron chi connectivity index (χ3n) is 12.6. The van der Waals surface area contributed by atoms with E-state index in [1.807, 2.05) is 78.9 Å². The zero-order chi connectivity index (χ0) is 50.9. The van der Waals surface area contributed by atoms with Crippen molar-refractivity contribution in [2.24, 2.45) is 16.5 Å². The Morgan fingerprint density at radius 3 is 1.70 bits per heavy atom. The quantitative estimate of drug-likeness (QED) is 0.0326. The van der Waals surface area contributed by atoms with Gasteiger partial charge in [-0.2, -0.15) is 4.99 Å². The number of nitrogens with zero attached hydrogens (tertiary/aromatic N) is 1. The summed E-state index contributed by atoms with van der Waals surface area (Å²) in [7, 11) is 0. The van der Waals surface area contributed by atoms with Gasteiger partial charge >= 0.3 is 6.09 Å². The summed E-state index contributed by atoms with van der Waals surface area (Å²) in [4.78, 5) is 15.6. The van der Waals surface area contributed by atoms with Crippen molar-refractivity contribution in [3.8, 4) is 56.4 Å². The van der Waals surface area contributed by atoms with Gasteiger partial charge in [0.1, 0.15) is 54.5 Å². The van der Waals surface area contributed by atoms with Gasteiger partial charge in [0.2, 0.25) is 0 Å². The highest BCUT2D eigenvalue weighted by atomic mass is 16.5. The van der Waals surface area contributed by atoms with Gasteiger partial charge in [-0.3, -0.25) is 5.41 Å². The third-order valence-corrected chi connectivity index (χ3v) is 12.6. The molecule has 8 rings (SSSR count). The highest BCUT2D eigenvalue weighted by molar-refractivity contribution is 6.03. The molecule has 0 fully saturated rings. The Labute approximate surface area is 429 Å². The van der Waals surface area contributed by atoms with Crippen molar-refractivity contribution < 1.29 is 28.5 Å². The number of fused-ring (bicyclic) bond motifs is 1. The number of hydrogen-bond acceptors (Lipinski definition) is 7. The van der Waals surface area contributed by atoms with Crippen molar-refractivity contribution in [2.45, 2.75) is 65.9 Å². The summed E-state index contributed by atoms with van der Waals surface area (Å²) in [6, 6.07) is 57.6. The van der Waals surface area contributed by atoms with Crippen molar-refractivity contribution in [1.82, 2.24) is 0 Å². The molecule has 73 heavy (non-hydrogen) atoms. The van der Waals surface area contributed by atoms with Crippen molar-refractivity contribution in [3.63, 3.8) is 0 Å². The zero-order valence-electron chi connectivity index (χ0n) is 42.0. The summed E-state index contributed by atoms with van der Waals surface area (Å²) in [6.45, 7) is 8.19. The number of rotatable bonds is 23. The van der Waals surface area contributed by atoms with Gasteiger partial charge in [-0.1, -0.05) is 142 Å². The van der Waals surface area contributed by atoms with Crippen molar-refractivity contribution >= 4 is 28.5 Å². The summed E-state index contributed by atoms with van der Waals surface area (Å²) >= 11 is 0. The van der Waals surface area contributed by atoms with Crippen LogP contribution in [0.4, 0.5) is 4.79 Å². The Kier molecular flexibility index (Phi) is 17.6. The van der Waals surface area contributed by atoms with Crippen molar-refractivity contribution in [1.29, 1.82) is 5.41 Å². The molecule has 8 aromatic rings. The van der Waals surface area contributed by atoms with E-state index >= 15 is 0 Å². The largest absolute Gasteiger partial charge is 0.493 e. The maximum Gasteiger partial charge on any atom is 0.435 e. The number of nitrogens with one attached hydrogen (secondary N) is 1.